The molecule has 0 N–H and O–H groups in total. The number of esters is 1. The molecule has 210 valence electrons. The highest BCUT2D eigenvalue weighted by atomic mass is 35.5. The van der Waals surface area contributed by atoms with Crippen LogP contribution in [0, 0.1) is 6.92 Å². The third-order valence-electron chi connectivity index (χ3n) is 6.75. The van der Waals surface area contributed by atoms with Crippen molar-refractivity contribution in [3.05, 3.63) is 76.1 Å². The first-order chi connectivity index (χ1) is 18.6. The number of halogens is 1. The van der Waals surface area contributed by atoms with Gasteiger partial charge >= 0.3 is 5.97 Å². The van der Waals surface area contributed by atoms with E-state index in [1.54, 1.807) is 33.2 Å². The summed E-state index contributed by atoms with van der Waals surface area (Å²) in [7, 11) is 0.829. The number of hydrogen-bond donors (Lipinski definition) is 0. The molecule has 2 heterocycles. The zero-order chi connectivity index (χ0) is 28.2. The summed E-state index contributed by atoms with van der Waals surface area (Å²) < 4.78 is 46.0. The van der Waals surface area contributed by atoms with E-state index in [4.69, 9.17) is 25.8 Å². The minimum absolute atomic E-state index is 0.0657. The van der Waals surface area contributed by atoms with Crippen molar-refractivity contribution >= 4 is 27.6 Å². The quantitative estimate of drug-likeness (QED) is 0.338. The maximum absolute atomic E-state index is 13.3. The van der Waals surface area contributed by atoms with E-state index in [9.17, 15) is 13.2 Å². The maximum atomic E-state index is 13.3. The van der Waals surface area contributed by atoms with Crippen LogP contribution in [0.3, 0.4) is 0 Å². The number of aromatic nitrogens is 2. The molecule has 0 saturated carbocycles. The zero-order valence-electron chi connectivity index (χ0n) is 22.5. The summed E-state index contributed by atoms with van der Waals surface area (Å²) in [6.07, 6.45) is -0.293. The standard InChI is InChI=1S/C27H33ClN4O6S/c1-19-25(26(28)30(2)29-19)39(34,35)32-14-12-31(13-15-32)17-24(22-6-5-7-23(16-22)36-3)38-18-20-8-10-21(11-9-20)27(33)37-4/h5-11,16,24H,12-15,17-18H2,1-4H3/t24-/m0/s1. The summed E-state index contributed by atoms with van der Waals surface area (Å²) in [6.45, 7) is 4.26. The second-order valence-corrected chi connectivity index (χ2v) is 11.5. The number of nitrogens with zero attached hydrogens (tertiary/aromatic N) is 4. The highest BCUT2D eigenvalue weighted by Gasteiger charge is 2.34. The second kappa shape index (κ2) is 12.5. The molecule has 4 rings (SSSR count). The van der Waals surface area contributed by atoms with Gasteiger partial charge < -0.3 is 14.2 Å². The van der Waals surface area contributed by atoms with Gasteiger partial charge in [0.25, 0.3) is 0 Å². The SMILES string of the molecule is COC(=O)c1ccc(CO[C@@H](CN2CCN(S(=O)(=O)c3c(C)nn(C)c3Cl)CC2)c2cccc(OC)c2)cc1. The first-order valence-corrected chi connectivity index (χ1v) is 14.3. The minimum Gasteiger partial charge on any atom is -0.497 e. The van der Waals surface area contributed by atoms with E-state index in [0.717, 1.165) is 16.9 Å². The van der Waals surface area contributed by atoms with Crippen molar-refractivity contribution in [2.24, 2.45) is 7.05 Å². The molecule has 0 unspecified atom stereocenters. The van der Waals surface area contributed by atoms with Crippen LogP contribution in [0.25, 0.3) is 0 Å². The zero-order valence-corrected chi connectivity index (χ0v) is 24.0. The molecule has 12 heteroatoms. The number of aryl methyl sites for hydroxylation is 2. The number of carbonyl (C=O) groups excluding carboxylic acids is 1. The van der Waals surface area contributed by atoms with E-state index >= 15 is 0 Å². The van der Waals surface area contributed by atoms with Crippen molar-refractivity contribution in [2.75, 3.05) is 46.9 Å². The second-order valence-electron chi connectivity index (χ2n) is 9.30. The molecule has 1 aromatic heterocycles. The van der Waals surface area contributed by atoms with Crippen molar-refractivity contribution in [2.45, 2.75) is 24.5 Å². The number of ether oxygens (including phenoxy) is 3. The molecule has 0 spiro atoms. The Kier molecular flexibility index (Phi) is 9.29. The summed E-state index contributed by atoms with van der Waals surface area (Å²) >= 11 is 6.26. The van der Waals surface area contributed by atoms with Crippen LogP contribution < -0.4 is 4.74 Å². The summed E-state index contributed by atoms with van der Waals surface area (Å²) in [6, 6.07) is 14.8. The number of methoxy groups -OCH3 is 2. The van der Waals surface area contributed by atoms with Crippen LogP contribution in [-0.2, 0) is 33.2 Å². The first kappa shape index (κ1) is 29.0. The average Bonchev–Trinajstić information content (AvgIpc) is 3.22. The van der Waals surface area contributed by atoms with Crippen molar-refractivity contribution < 1.29 is 27.4 Å². The predicted molar refractivity (Wildman–Crippen MR) is 146 cm³/mol. The van der Waals surface area contributed by atoms with Gasteiger partial charge in [-0.1, -0.05) is 35.9 Å². The molecule has 1 fully saturated rings. The Morgan fingerprint density at radius 1 is 1.08 bits per heavy atom. The molecule has 39 heavy (non-hydrogen) atoms. The fourth-order valence-electron chi connectivity index (χ4n) is 4.57. The number of carbonyl (C=O) groups is 1. The van der Waals surface area contributed by atoms with Crippen molar-refractivity contribution in [1.29, 1.82) is 0 Å². The van der Waals surface area contributed by atoms with Crippen molar-refractivity contribution in [1.82, 2.24) is 19.0 Å². The smallest absolute Gasteiger partial charge is 0.337 e. The summed E-state index contributed by atoms with van der Waals surface area (Å²) in [5.41, 5.74) is 2.72. The molecule has 0 amide bonds. The van der Waals surface area contributed by atoms with Gasteiger partial charge in [0.1, 0.15) is 15.8 Å². The van der Waals surface area contributed by atoms with E-state index in [1.165, 1.54) is 16.1 Å². The normalized spacial score (nSPS) is 15.7. The van der Waals surface area contributed by atoms with Gasteiger partial charge in [-0.05, 0) is 42.3 Å². The van der Waals surface area contributed by atoms with Gasteiger partial charge in [-0.15, -0.1) is 0 Å². The van der Waals surface area contributed by atoms with E-state index in [-0.39, 0.29) is 22.1 Å². The molecule has 1 aliphatic rings. The Bertz CT molecular complexity index is 1400. The third kappa shape index (κ3) is 6.62. The summed E-state index contributed by atoms with van der Waals surface area (Å²) in [5.74, 6) is 0.335. The lowest BCUT2D eigenvalue weighted by Gasteiger charge is -2.35. The van der Waals surface area contributed by atoms with E-state index in [1.807, 2.05) is 36.4 Å². The van der Waals surface area contributed by atoms with Gasteiger partial charge in [0.2, 0.25) is 10.0 Å². The molecule has 1 saturated heterocycles. The van der Waals surface area contributed by atoms with Crippen molar-refractivity contribution in [3.8, 4) is 5.75 Å². The van der Waals surface area contributed by atoms with Crippen LogP contribution >= 0.6 is 11.6 Å². The van der Waals surface area contributed by atoms with E-state index in [2.05, 4.69) is 10.00 Å². The summed E-state index contributed by atoms with van der Waals surface area (Å²) in [5, 5.41) is 4.27. The van der Waals surface area contributed by atoms with Crippen LogP contribution in [0.2, 0.25) is 5.15 Å². The Morgan fingerprint density at radius 3 is 2.36 bits per heavy atom. The molecule has 0 radical (unpaired) electrons. The lowest BCUT2D eigenvalue weighted by Crippen LogP contribution is -2.49. The van der Waals surface area contributed by atoms with Gasteiger partial charge in [-0.3, -0.25) is 9.58 Å². The molecule has 3 aromatic rings. The largest absolute Gasteiger partial charge is 0.497 e. The van der Waals surface area contributed by atoms with E-state index < -0.39 is 10.0 Å². The van der Waals surface area contributed by atoms with E-state index in [0.29, 0.717) is 50.6 Å². The number of rotatable bonds is 10. The van der Waals surface area contributed by atoms with Crippen LogP contribution in [0.4, 0.5) is 0 Å². The monoisotopic (exact) mass is 576 g/mol. The van der Waals surface area contributed by atoms with Crippen LogP contribution in [-0.4, -0.2) is 80.3 Å². The molecule has 10 nitrogen and oxygen atoms in total. The lowest BCUT2D eigenvalue weighted by molar-refractivity contribution is 0.00761. The molecule has 1 atom stereocenters. The Morgan fingerprint density at radius 2 is 1.77 bits per heavy atom. The van der Waals surface area contributed by atoms with Gasteiger partial charge in [-0.2, -0.15) is 9.40 Å². The van der Waals surface area contributed by atoms with Crippen LogP contribution in [0.1, 0.15) is 33.3 Å². The average molecular weight is 577 g/mol. The number of sulfonamides is 1. The molecule has 2 aromatic carbocycles. The van der Waals surface area contributed by atoms with Crippen molar-refractivity contribution in [3.63, 3.8) is 0 Å². The molecular formula is C27H33ClN4O6S. The molecule has 0 bridgehead atoms. The first-order valence-electron chi connectivity index (χ1n) is 12.5. The molecule has 1 aliphatic heterocycles. The minimum atomic E-state index is -3.76. The van der Waals surface area contributed by atoms with Crippen LogP contribution in [0.5, 0.6) is 5.75 Å². The van der Waals surface area contributed by atoms with Crippen LogP contribution in [0.15, 0.2) is 53.4 Å². The molecule has 0 aliphatic carbocycles. The fourth-order valence-corrected chi connectivity index (χ4v) is 6.70. The maximum Gasteiger partial charge on any atom is 0.337 e. The number of benzene rings is 2. The predicted octanol–water partition coefficient (Wildman–Crippen LogP) is 3.44. The summed E-state index contributed by atoms with van der Waals surface area (Å²) in [4.78, 5) is 14.0. The highest BCUT2D eigenvalue weighted by Crippen LogP contribution is 2.29. The Labute approximate surface area is 234 Å². The third-order valence-corrected chi connectivity index (χ3v) is 9.34. The number of piperazine rings is 1. The van der Waals surface area contributed by atoms with Gasteiger partial charge in [0.05, 0.1) is 38.2 Å². The topological polar surface area (TPSA) is 103 Å². The Hall–Kier alpha value is -2.96. The molecular weight excluding hydrogens is 544 g/mol. The fraction of sp³-hybridized carbons (Fsp3) is 0.407. The van der Waals surface area contributed by atoms with Gasteiger partial charge in [-0.25, -0.2) is 13.2 Å². The van der Waals surface area contributed by atoms with Gasteiger partial charge in [0.15, 0.2) is 0 Å². The number of hydrogen-bond acceptors (Lipinski definition) is 8. The highest BCUT2D eigenvalue weighted by molar-refractivity contribution is 7.89. The Balaban J connectivity index is 1.45. The lowest BCUT2D eigenvalue weighted by atomic mass is 10.1. The van der Waals surface area contributed by atoms with Gasteiger partial charge in [0, 0.05) is 39.8 Å².